The summed E-state index contributed by atoms with van der Waals surface area (Å²) < 4.78 is 10.3. The molecule has 0 aromatic heterocycles. The van der Waals surface area contributed by atoms with Gasteiger partial charge >= 0.3 is 0 Å². The smallest absolute Gasteiger partial charge is 0.119 e. The van der Waals surface area contributed by atoms with Crippen molar-refractivity contribution in [3.63, 3.8) is 0 Å². The maximum atomic E-state index is 5.19. The molecule has 0 heterocycles. The molecule has 0 spiro atoms. The first-order valence-electron chi connectivity index (χ1n) is 5.82. The zero-order chi connectivity index (χ0) is 12.8. The van der Waals surface area contributed by atoms with Crippen molar-refractivity contribution >= 4 is 5.69 Å². The predicted molar refractivity (Wildman–Crippen MR) is 73.3 cm³/mol. The molecule has 0 atom stereocenters. The summed E-state index contributed by atoms with van der Waals surface area (Å²) in [6, 6.07) is 15.9. The standard InChI is InChI=1S/C15H17NO2/c1-17-14-8-6-13(7-9-14)16-11-12-4-3-5-15(10-12)18-2/h3-10,16H,11H2,1-2H3. The zero-order valence-electron chi connectivity index (χ0n) is 10.6. The normalized spacial score (nSPS) is 9.89. The lowest BCUT2D eigenvalue weighted by molar-refractivity contribution is 0.414. The van der Waals surface area contributed by atoms with Crippen LogP contribution in [0.2, 0.25) is 0 Å². The van der Waals surface area contributed by atoms with Gasteiger partial charge in [-0.25, -0.2) is 0 Å². The highest BCUT2D eigenvalue weighted by Gasteiger charge is 1.97. The summed E-state index contributed by atoms with van der Waals surface area (Å²) in [6.07, 6.45) is 0. The Kier molecular flexibility index (Phi) is 4.07. The molecule has 2 aromatic carbocycles. The Morgan fingerprint density at radius 2 is 1.61 bits per heavy atom. The van der Waals surface area contributed by atoms with Crippen LogP contribution in [-0.4, -0.2) is 14.2 Å². The lowest BCUT2D eigenvalue weighted by Crippen LogP contribution is -1.99. The molecular formula is C15H17NO2. The highest BCUT2D eigenvalue weighted by Crippen LogP contribution is 2.17. The molecule has 3 heteroatoms. The first-order chi connectivity index (χ1) is 8.81. The van der Waals surface area contributed by atoms with Crippen molar-refractivity contribution in [1.82, 2.24) is 0 Å². The van der Waals surface area contributed by atoms with Gasteiger partial charge in [-0.2, -0.15) is 0 Å². The molecule has 0 aliphatic rings. The number of methoxy groups -OCH3 is 2. The molecule has 0 saturated heterocycles. The summed E-state index contributed by atoms with van der Waals surface area (Å²) in [4.78, 5) is 0. The fraction of sp³-hybridized carbons (Fsp3) is 0.200. The van der Waals surface area contributed by atoms with Gasteiger partial charge in [-0.3, -0.25) is 0 Å². The van der Waals surface area contributed by atoms with Crippen LogP contribution in [-0.2, 0) is 6.54 Å². The molecule has 0 fully saturated rings. The molecule has 0 radical (unpaired) electrons. The van der Waals surface area contributed by atoms with Crippen LogP contribution in [0, 0.1) is 0 Å². The first-order valence-corrected chi connectivity index (χ1v) is 5.82. The number of benzene rings is 2. The van der Waals surface area contributed by atoms with Crippen LogP contribution in [0.25, 0.3) is 0 Å². The molecule has 2 rings (SSSR count). The minimum atomic E-state index is 0.767. The Balaban J connectivity index is 1.97. The van der Waals surface area contributed by atoms with Gasteiger partial charge in [-0.1, -0.05) is 12.1 Å². The monoisotopic (exact) mass is 243 g/mol. The number of ether oxygens (including phenoxy) is 2. The van der Waals surface area contributed by atoms with Crippen molar-refractivity contribution in [3.8, 4) is 11.5 Å². The molecule has 1 N–H and O–H groups in total. The van der Waals surface area contributed by atoms with Crippen LogP contribution in [0.5, 0.6) is 11.5 Å². The van der Waals surface area contributed by atoms with Crippen molar-refractivity contribution < 1.29 is 9.47 Å². The molecule has 2 aromatic rings. The second kappa shape index (κ2) is 5.96. The Labute approximate surface area is 107 Å². The highest BCUT2D eigenvalue weighted by molar-refractivity contribution is 5.47. The number of anilines is 1. The molecule has 0 bridgehead atoms. The van der Waals surface area contributed by atoms with Crippen molar-refractivity contribution in [2.45, 2.75) is 6.54 Å². The lowest BCUT2D eigenvalue weighted by atomic mass is 10.2. The lowest BCUT2D eigenvalue weighted by Gasteiger charge is -2.08. The molecule has 0 saturated carbocycles. The third-order valence-corrected chi connectivity index (χ3v) is 2.72. The molecule has 0 aliphatic heterocycles. The van der Waals surface area contributed by atoms with E-state index in [1.807, 2.05) is 42.5 Å². The summed E-state index contributed by atoms with van der Waals surface area (Å²) in [5, 5.41) is 3.35. The number of hydrogen-bond donors (Lipinski definition) is 1. The summed E-state index contributed by atoms with van der Waals surface area (Å²) >= 11 is 0. The van der Waals surface area contributed by atoms with Gasteiger partial charge in [0.15, 0.2) is 0 Å². The van der Waals surface area contributed by atoms with E-state index < -0.39 is 0 Å². The maximum Gasteiger partial charge on any atom is 0.119 e. The van der Waals surface area contributed by atoms with Gasteiger partial charge in [0.25, 0.3) is 0 Å². The minimum absolute atomic E-state index is 0.767. The average Bonchev–Trinajstić information content (AvgIpc) is 2.46. The zero-order valence-corrected chi connectivity index (χ0v) is 10.6. The van der Waals surface area contributed by atoms with E-state index in [0.29, 0.717) is 0 Å². The van der Waals surface area contributed by atoms with E-state index in [2.05, 4.69) is 11.4 Å². The number of rotatable bonds is 5. The van der Waals surface area contributed by atoms with Crippen LogP contribution < -0.4 is 14.8 Å². The Bertz CT molecular complexity index is 494. The average molecular weight is 243 g/mol. The second-order valence-corrected chi connectivity index (χ2v) is 3.93. The quantitative estimate of drug-likeness (QED) is 0.873. The molecule has 3 nitrogen and oxygen atoms in total. The molecule has 0 aliphatic carbocycles. The van der Waals surface area contributed by atoms with Crippen molar-refractivity contribution in [1.29, 1.82) is 0 Å². The minimum Gasteiger partial charge on any atom is -0.497 e. The van der Waals surface area contributed by atoms with Crippen LogP contribution in [0.3, 0.4) is 0 Å². The number of nitrogens with one attached hydrogen (secondary N) is 1. The Morgan fingerprint density at radius 3 is 2.28 bits per heavy atom. The molecule has 0 unspecified atom stereocenters. The molecular weight excluding hydrogens is 226 g/mol. The van der Waals surface area contributed by atoms with Crippen LogP contribution in [0.4, 0.5) is 5.69 Å². The van der Waals surface area contributed by atoms with Gasteiger partial charge in [0.2, 0.25) is 0 Å². The van der Waals surface area contributed by atoms with Crippen LogP contribution >= 0.6 is 0 Å². The SMILES string of the molecule is COc1ccc(NCc2cccc(OC)c2)cc1. The third-order valence-electron chi connectivity index (χ3n) is 2.72. The van der Waals surface area contributed by atoms with Gasteiger partial charge in [0, 0.05) is 12.2 Å². The van der Waals surface area contributed by atoms with E-state index in [1.165, 1.54) is 5.56 Å². The molecule has 94 valence electrons. The third kappa shape index (κ3) is 3.17. The van der Waals surface area contributed by atoms with Gasteiger partial charge in [0.05, 0.1) is 14.2 Å². The fourth-order valence-electron chi connectivity index (χ4n) is 1.70. The Morgan fingerprint density at radius 1 is 0.889 bits per heavy atom. The highest BCUT2D eigenvalue weighted by atomic mass is 16.5. The van der Waals surface area contributed by atoms with E-state index in [1.54, 1.807) is 14.2 Å². The van der Waals surface area contributed by atoms with E-state index in [-0.39, 0.29) is 0 Å². The van der Waals surface area contributed by atoms with Crippen LogP contribution in [0.15, 0.2) is 48.5 Å². The summed E-state index contributed by atoms with van der Waals surface area (Å²) in [5.41, 5.74) is 2.25. The first kappa shape index (κ1) is 12.3. The van der Waals surface area contributed by atoms with Crippen molar-refractivity contribution in [3.05, 3.63) is 54.1 Å². The maximum absolute atomic E-state index is 5.19. The Hall–Kier alpha value is -2.16. The van der Waals surface area contributed by atoms with Crippen molar-refractivity contribution in [2.75, 3.05) is 19.5 Å². The largest absolute Gasteiger partial charge is 0.497 e. The van der Waals surface area contributed by atoms with E-state index in [0.717, 1.165) is 23.7 Å². The summed E-state index contributed by atoms with van der Waals surface area (Å²) in [7, 11) is 3.34. The second-order valence-electron chi connectivity index (χ2n) is 3.93. The van der Waals surface area contributed by atoms with E-state index >= 15 is 0 Å². The molecule has 0 amide bonds. The predicted octanol–water partition coefficient (Wildman–Crippen LogP) is 3.32. The fourth-order valence-corrected chi connectivity index (χ4v) is 1.70. The van der Waals surface area contributed by atoms with Gasteiger partial charge in [-0.15, -0.1) is 0 Å². The summed E-state index contributed by atoms with van der Waals surface area (Å²) in [6.45, 7) is 0.767. The van der Waals surface area contributed by atoms with E-state index in [9.17, 15) is 0 Å². The topological polar surface area (TPSA) is 30.5 Å². The van der Waals surface area contributed by atoms with E-state index in [4.69, 9.17) is 9.47 Å². The summed E-state index contributed by atoms with van der Waals surface area (Å²) in [5.74, 6) is 1.74. The van der Waals surface area contributed by atoms with Gasteiger partial charge < -0.3 is 14.8 Å². The number of hydrogen-bond acceptors (Lipinski definition) is 3. The van der Waals surface area contributed by atoms with Gasteiger partial charge in [0.1, 0.15) is 11.5 Å². The van der Waals surface area contributed by atoms with Crippen LogP contribution in [0.1, 0.15) is 5.56 Å². The van der Waals surface area contributed by atoms with Crippen molar-refractivity contribution in [2.24, 2.45) is 0 Å². The molecule has 18 heavy (non-hydrogen) atoms. The van der Waals surface area contributed by atoms with Gasteiger partial charge in [-0.05, 0) is 42.0 Å².